The number of hydrogen-bond donors (Lipinski definition) is 0. The zero-order valence-electron chi connectivity index (χ0n) is 18.3. The number of hydrogen-bond acceptors (Lipinski definition) is 2. The van der Waals surface area contributed by atoms with Gasteiger partial charge in [0.25, 0.3) is 0 Å². The fraction of sp³-hybridized carbons (Fsp3) is 0.444. The molecule has 0 unspecified atom stereocenters. The molecular formula is C27H34NO2+. The number of piperidine rings is 2. The van der Waals surface area contributed by atoms with Gasteiger partial charge in [-0.15, -0.1) is 0 Å². The molecule has 3 heteroatoms. The molecule has 2 aromatic carbocycles. The Bertz CT molecular complexity index is 956. The van der Waals surface area contributed by atoms with Crippen LogP contribution in [0.4, 0.5) is 0 Å². The zero-order valence-corrected chi connectivity index (χ0v) is 18.3. The first-order valence-electron chi connectivity index (χ1n) is 11.4. The number of esters is 1. The molecule has 0 aromatic heterocycles. The van der Waals surface area contributed by atoms with Crippen LogP contribution in [0.2, 0.25) is 0 Å². The third-order valence-corrected chi connectivity index (χ3v) is 7.10. The molecule has 2 fully saturated rings. The first kappa shape index (κ1) is 20.9. The van der Waals surface area contributed by atoms with Crippen molar-refractivity contribution in [2.75, 3.05) is 26.7 Å². The molecule has 158 valence electrons. The van der Waals surface area contributed by atoms with Crippen molar-refractivity contribution in [3.05, 3.63) is 65.8 Å². The first-order valence-corrected chi connectivity index (χ1v) is 11.4. The molecule has 2 aliphatic heterocycles. The summed E-state index contributed by atoms with van der Waals surface area (Å²) in [6.45, 7) is 5.09. The molecule has 2 aliphatic rings. The van der Waals surface area contributed by atoms with Crippen molar-refractivity contribution >= 4 is 22.8 Å². The first-order chi connectivity index (χ1) is 14.5. The number of nitrogens with zero attached hydrogens (tertiary/aromatic N) is 1. The predicted octanol–water partition coefficient (Wildman–Crippen LogP) is 5.75. The Kier molecular flexibility index (Phi) is 6.38. The van der Waals surface area contributed by atoms with E-state index in [2.05, 4.69) is 55.6 Å². The van der Waals surface area contributed by atoms with E-state index in [1.807, 2.05) is 13.0 Å². The topological polar surface area (TPSA) is 26.3 Å². The lowest BCUT2D eigenvalue weighted by atomic mass is 9.82. The highest BCUT2D eigenvalue weighted by Crippen LogP contribution is 2.36. The zero-order chi connectivity index (χ0) is 21.0. The van der Waals surface area contributed by atoms with Crippen LogP contribution >= 0.6 is 0 Å². The maximum Gasteiger partial charge on any atom is 0.331 e. The van der Waals surface area contributed by atoms with E-state index in [0.717, 1.165) is 11.1 Å². The number of carbonyl (C=O) groups is 1. The Morgan fingerprint density at radius 2 is 1.87 bits per heavy atom. The van der Waals surface area contributed by atoms with Crippen LogP contribution in [-0.2, 0) is 9.53 Å². The normalized spacial score (nSPS) is 27.2. The van der Waals surface area contributed by atoms with Crippen LogP contribution in [0.3, 0.4) is 0 Å². The summed E-state index contributed by atoms with van der Waals surface area (Å²) < 4.78 is 6.88. The molecule has 2 heterocycles. The second kappa shape index (κ2) is 9.18. The van der Waals surface area contributed by atoms with Crippen molar-refractivity contribution in [3.8, 4) is 0 Å². The second-order valence-electron chi connectivity index (χ2n) is 9.35. The number of allylic oxidation sites excluding steroid dienone is 2. The van der Waals surface area contributed by atoms with Gasteiger partial charge in [-0.05, 0) is 60.6 Å². The van der Waals surface area contributed by atoms with Crippen molar-refractivity contribution in [1.82, 2.24) is 0 Å². The second-order valence-corrected chi connectivity index (χ2v) is 9.35. The standard InChI is InChI=1S/C27H34NO2/c1-21(12-13-22-14-15-23-8-3-4-9-24(23)19-22)18-27(29)30-20-25-10-7-17-28(2)16-6-5-11-26(25)28/h3-4,8-9,12-15,18-19,25-26H,5-7,10-11,16-17,20H2,1-2H3/q+1/b13-12+,21-18+/t25-,26+,28-/m1/s1. The van der Waals surface area contributed by atoms with Crippen molar-refractivity contribution in [2.45, 2.75) is 45.1 Å². The van der Waals surface area contributed by atoms with Gasteiger partial charge in [-0.25, -0.2) is 4.79 Å². The maximum absolute atomic E-state index is 12.4. The fourth-order valence-electron chi connectivity index (χ4n) is 5.43. The molecule has 0 N–H and O–H groups in total. The summed E-state index contributed by atoms with van der Waals surface area (Å²) in [5, 5.41) is 2.46. The summed E-state index contributed by atoms with van der Waals surface area (Å²) in [6.07, 6.45) is 12.0. The van der Waals surface area contributed by atoms with Crippen LogP contribution in [-0.4, -0.2) is 43.2 Å². The average molecular weight is 405 g/mol. The van der Waals surface area contributed by atoms with Gasteiger partial charge in [0, 0.05) is 18.4 Å². The third kappa shape index (κ3) is 4.84. The summed E-state index contributed by atoms with van der Waals surface area (Å²) in [6, 6.07) is 15.4. The van der Waals surface area contributed by atoms with E-state index in [1.54, 1.807) is 6.08 Å². The highest BCUT2D eigenvalue weighted by atomic mass is 16.5. The molecule has 3 nitrogen and oxygen atoms in total. The number of fused-ring (bicyclic) bond motifs is 2. The molecule has 2 saturated heterocycles. The Balaban J connectivity index is 1.33. The number of ether oxygens (including phenoxy) is 1. The molecule has 30 heavy (non-hydrogen) atoms. The molecule has 4 rings (SSSR count). The Morgan fingerprint density at radius 1 is 1.07 bits per heavy atom. The summed E-state index contributed by atoms with van der Waals surface area (Å²) in [5.74, 6) is 0.293. The van der Waals surface area contributed by atoms with Crippen LogP contribution < -0.4 is 0 Å². The predicted molar refractivity (Wildman–Crippen MR) is 124 cm³/mol. The lowest BCUT2D eigenvalue weighted by Crippen LogP contribution is -2.61. The van der Waals surface area contributed by atoms with Gasteiger partial charge in [-0.2, -0.15) is 0 Å². The summed E-state index contributed by atoms with van der Waals surface area (Å²) in [5.41, 5.74) is 2.04. The van der Waals surface area contributed by atoms with E-state index in [9.17, 15) is 4.79 Å². The van der Waals surface area contributed by atoms with E-state index in [-0.39, 0.29) is 5.97 Å². The third-order valence-electron chi connectivity index (χ3n) is 7.10. The van der Waals surface area contributed by atoms with Crippen LogP contribution in [0.5, 0.6) is 0 Å². The van der Waals surface area contributed by atoms with Crippen LogP contribution in [0.15, 0.2) is 60.2 Å². The van der Waals surface area contributed by atoms with Crippen molar-refractivity contribution in [3.63, 3.8) is 0 Å². The van der Waals surface area contributed by atoms with Gasteiger partial charge in [-0.1, -0.05) is 48.6 Å². The van der Waals surface area contributed by atoms with Gasteiger partial charge in [0.2, 0.25) is 0 Å². The number of quaternary nitrogens is 1. The minimum atomic E-state index is -0.216. The molecule has 0 bridgehead atoms. The molecule has 0 aliphatic carbocycles. The van der Waals surface area contributed by atoms with Gasteiger partial charge in [0.15, 0.2) is 0 Å². The molecular weight excluding hydrogens is 370 g/mol. The van der Waals surface area contributed by atoms with Gasteiger partial charge in [-0.3, -0.25) is 0 Å². The highest BCUT2D eigenvalue weighted by Gasteiger charge is 2.43. The Labute approximate surface area is 180 Å². The summed E-state index contributed by atoms with van der Waals surface area (Å²) in [7, 11) is 2.40. The van der Waals surface area contributed by atoms with Gasteiger partial charge < -0.3 is 9.22 Å². The molecule has 2 aromatic rings. The Hall–Kier alpha value is -2.39. The lowest BCUT2D eigenvalue weighted by molar-refractivity contribution is -0.947. The minimum absolute atomic E-state index is 0.216. The smallest absolute Gasteiger partial charge is 0.331 e. The van der Waals surface area contributed by atoms with E-state index in [1.165, 1.54) is 60.4 Å². The van der Waals surface area contributed by atoms with Gasteiger partial charge in [0.1, 0.15) is 6.61 Å². The molecule has 0 saturated carbocycles. The number of rotatable bonds is 5. The summed E-state index contributed by atoms with van der Waals surface area (Å²) in [4.78, 5) is 12.4. The van der Waals surface area contributed by atoms with E-state index in [0.29, 0.717) is 18.6 Å². The van der Waals surface area contributed by atoms with Crippen molar-refractivity contribution in [1.29, 1.82) is 0 Å². The maximum atomic E-state index is 12.4. The SMILES string of the molecule is CC(/C=C/c1ccc2ccccc2c1)=C\C(=O)OC[C@H]1CCC[N@@+]2(C)CCCC[C@@H]12. The highest BCUT2D eigenvalue weighted by molar-refractivity contribution is 5.85. The molecule has 0 spiro atoms. The van der Waals surface area contributed by atoms with Crippen molar-refractivity contribution < 1.29 is 14.0 Å². The van der Waals surface area contributed by atoms with Crippen LogP contribution in [0.1, 0.15) is 44.6 Å². The van der Waals surface area contributed by atoms with E-state index < -0.39 is 0 Å². The number of carbonyl (C=O) groups excluding carboxylic acids is 1. The van der Waals surface area contributed by atoms with E-state index in [4.69, 9.17) is 4.74 Å². The van der Waals surface area contributed by atoms with E-state index >= 15 is 0 Å². The monoisotopic (exact) mass is 404 g/mol. The molecule has 0 amide bonds. The quantitative estimate of drug-likeness (QED) is 0.274. The van der Waals surface area contributed by atoms with Crippen molar-refractivity contribution in [2.24, 2.45) is 5.92 Å². The summed E-state index contributed by atoms with van der Waals surface area (Å²) >= 11 is 0. The molecule has 3 atom stereocenters. The largest absolute Gasteiger partial charge is 0.462 e. The lowest BCUT2D eigenvalue weighted by Gasteiger charge is -2.51. The fourth-order valence-corrected chi connectivity index (χ4v) is 5.43. The molecule has 0 radical (unpaired) electrons. The average Bonchev–Trinajstić information content (AvgIpc) is 2.75. The van der Waals surface area contributed by atoms with Gasteiger partial charge >= 0.3 is 5.97 Å². The number of benzene rings is 2. The van der Waals surface area contributed by atoms with Gasteiger partial charge in [0.05, 0.1) is 26.2 Å². The van der Waals surface area contributed by atoms with Crippen LogP contribution in [0.25, 0.3) is 16.8 Å². The minimum Gasteiger partial charge on any atom is -0.462 e. The van der Waals surface area contributed by atoms with Crippen LogP contribution in [0, 0.1) is 5.92 Å². The Morgan fingerprint density at radius 3 is 2.73 bits per heavy atom.